The van der Waals surface area contributed by atoms with Crippen molar-refractivity contribution in [2.45, 2.75) is 0 Å². The number of nitrogens with zero attached hydrogens (tertiary/aromatic N) is 1. The van der Waals surface area contributed by atoms with Gasteiger partial charge in [0, 0.05) is 0 Å². The van der Waals surface area contributed by atoms with Crippen molar-refractivity contribution in [3.63, 3.8) is 0 Å². The van der Waals surface area contributed by atoms with Crippen LogP contribution >= 0.6 is 0 Å². The van der Waals surface area contributed by atoms with Crippen LogP contribution in [0.25, 0.3) is 5.32 Å². The Bertz CT molecular complexity index is 226. The topological polar surface area (TPSA) is 54.2 Å². The molecule has 0 unspecified atom stereocenters. The summed E-state index contributed by atoms with van der Waals surface area (Å²) in [6.07, 6.45) is 0. The van der Waals surface area contributed by atoms with Crippen molar-refractivity contribution in [3.8, 4) is 0 Å². The molecule has 0 bridgehead atoms. The number of hydrogen-bond donors (Lipinski definition) is 0. The number of benzene rings is 1. The van der Waals surface area contributed by atoms with E-state index in [0.29, 0.717) is 0 Å². The standard InChI is InChI=1S/C7H6O2.C2H6N.Zn/c8-7(9)6-4-2-1-3-5-6;1-3-2;/h1-5H,(H,8,9);1-2H3;/q;-1;+2/p-1. The Morgan fingerprint density at radius 3 is 1.85 bits per heavy atom. The zero-order valence-electron chi connectivity index (χ0n) is 7.86. The molecule has 0 aliphatic heterocycles. The smallest absolute Gasteiger partial charge is 0.668 e. The van der Waals surface area contributed by atoms with Gasteiger partial charge in [0.25, 0.3) is 0 Å². The molecule has 1 aromatic carbocycles. The maximum Gasteiger partial charge on any atom is 2.00 e. The predicted molar refractivity (Wildman–Crippen MR) is 46.0 cm³/mol. The fourth-order valence-electron chi connectivity index (χ4n) is 0.574. The quantitative estimate of drug-likeness (QED) is 0.666. The van der Waals surface area contributed by atoms with Crippen LogP contribution in [-0.2, 0) is 19.5 Å². The fourth-order valence-corrected chi connectivity index (χ4v) is 0.574. The van der Waals surface area contributed by atoms with Crippen LogP contribution in [0.4, 0.5) is 0 Å². The van der Waals surface area contributed by atoms with E-state index in [1.54, 1.807) is 32.3 Å². The van der Waals surface area contributed by atoms with Gasteiger partial charge in [0.05, 0.1) is 5.97 Å². The van der Waals surface area contributed by atoms with Crippen molar-refractivity contribution in [2.75, 3.05) is 14.1 Å². The molecule has 0 amide bonds. The van der Waals surface area contributed by atoms with Gasteiger partial charge in [-0.3, -0.25) is 0 Å². The Hall–Kier alpha value is -0.727. The average molecular weight is 231 g/mol. The van der Waals surface area contributed by atoms with Crippen molar-refractivity contribution in [1.82, 2.24) is 0 Å². The van der Waals surface area contributed by atoms with Crippen LogP contribution in [0, 0.1) is 0 Å². The summed E-state index contributed by atoms with van der Waals surface area (Å²) in [6.45, 7) is 0. The van der Waals surface area contributed by atoms with E-state index >= 15 is 0 Å². The number of carboxylic acids is 1. The Kier molecular flexibility index (Phi) is 10.6. The first-order valence-corrected chi connectivity index (χ1v) is 3.46. The maximum atomic E-state index is 10.1. The third-order valence-corrected chi connectivity index (χ3v) is 1.01. The van der Waals surface area contributed by atoms with Crippen molar-refractivity contribution in [1.29, 1.82) is 0 Å². The molecule has 0 radical (unpaired) electrons. The molecule has 4 heteroatoms. The Labute approximate surface area is 90.9 Å². The average Bonchev–Trinajstić information content (AvgIpc) is 2.07. The monoisotopic (exact) mass is 229 g/mol. The van der Waals surface area contributed by atoms with Crippen LogP contribution in [-0.4, -0.2) is 20.1 Å². The molecule has 3 nitrogen and oxygen atoms in total. The molecule has 0 fully saturated rings. The molecule has 0 N–H and O–H groups in total. The number of carboxylic acid groups (broad SMARTS) is 1. The third kappa shape index (κ3) is 7.63. The Balaban J connectivity index is 0. The molecule has 1 aromatic rings. The molecule has 1 rings (SSSR count). The molecule has 0 heterocycles. The number of hydrogen-bond acceptors (Lipinski definition) is 2. The Morgan fingerprint density at radius 2 is 1.62 bits per heavy atom. The molecule has 0 aromatic heterocycles. The van der Waals surface area contributed by atoms with E-state index in [0.717, 1.165) is 0 Å². The Morgan fingerprint density at radius 1 is 1.23 bits per heavy atom. The van der Waals surface area contributed by atoms with Crippen LogP contribution in [0.5, 0.6) is 0 Å². The second-order valence-electron chi connectivity index (χ2n) is 2.10. The molecule has 0 saturated heterocycles. The minimum atomic E-state index is -1.13. The van der Waals surface area contributed by atoms with Gasteiger partial charge in [-0.2, -0.15) is 14.1 Å². The summed E-state index contributed by atoms with van der Waals surface area (Å²) in [4.78, 5) is 10.1. The van der Waals surface area contributed by atoms with E-state index in [9.17, 15) is 9.90 Å². The molecule has 0 spiro atoms. The van der Waals surface area contributed by atoms with E-state index in [1.165, 1.54) is 12.1 Å². The van der Waals surface area contributed by atoms with Crippen molar-refractivity contribution in [3.05, 3.63) is 41.2 Å². The van der Waals surface area contributed by atoms with Crippen LogP contribution < -0.4 is 5.11 Å². The first kappa shape index (κ1) is 14.8. The molecule has 0 aliphatic rings. The van der Waals surface area contributed by atoms with Crippen LogP contribution in [0.15, 0.2) is 30.3 Å². The largest absolute Gasteiger partial charge is 2.00 e. The van der Waals surface area contributed by atoms with Crippen molar-refractivity contribution < 1.29 is 29.4 Å². The van der Waals surface area contributed by atoms with Gasteiger partial charge in [0.2, 0.25) is 0 Å². The second-order valence-corrected chi connectivity index (χ2v) is 2.10. The third-order valence-electron chi connectivity index (χ3n) is 1.01. The first-order valence-electron chi connectivity index (χ1n) is 3.46. The van der Waals surface area contributed by atoms with Gasteiger partial charge in [0.15, 0.2) is 0 Å². The van der Waals surface area contributed by atoms with Crippen molar-refractivity contribution >= 4 is 5.97 Å². The van der Waals surface area contributed by atoms with E-state index in [-0.39, 0.29) is 25.0 Å². The molecular weight excluding hydrogens is 219 g/mol. The van der Waals surface area contributed by atoms with E-state index in [2.05, 4.69) is 5.32 Å². The zero-order chi connectivity index (χ0) is 9.40. The van der Waals surface area contributed by atoms with Crippen LogP contribution in [0.1, 0.15) is 10.4 Å². The minimum absolute atomic E-state index is 0. The summed E-state index contributed by atoms with van der Waals surface area (Å²) in [5, 5.41) is 13.6. The van der Waals surface area contributed by atoms with E-state index in [4.69, 9.17) is 0 Å². The van der Waals surface area contributed by atoms with E-state index < -0.39 is 5.97 Å². The molecule has 0 saturated carbocycles. The van der Waals surface area contributed by atoms with Gasteiger partial charge in [-0.05, 0) is 5.56 Å². The summed E-state index contributed by atoms with van der Waals surface area (Å²) in [5.41, 5.74) is 0.220. The van der Waals surface area contributed by atoms with Gasteiger partial charge < -0.3 is 15.2 Å². The number of carbonyl (C=O) groups excluding carboxylic acids is 1. The predicted octanol–water partition coefficient (Wildman–Crippen LogP) is 0.667. The van der Waals surface area contributed by atoms with Gasteiger partial charge in [0.1, 0.15) is 0 Å². The summed E-state index contributed by atoms with van der Waals surface area (Å²) < 4.78 is 0. The molecule has 0 aliphatic carbocycles. The molecule has 13 heavy (non-hydrogen) atoms. The summed E-state index contributed by atoms with van der Waals surface area (Å²) in [5.74, 6) is -1.13. The number of aromatic carboxylic acids is 1. The minimum Gasteiger partial charge on any atom is -0.668 e. The van der Waals surface area contributed by atoms with Crippen LogP contribution in [0.3, 0.4) is 0 Å². The normalized spacial score (nSPS) is 7.54. The first-order chi connectivity index (χ1) is 5.72. The summed E-state index contributed by atoms with van der Waals surface area (Å²) in [7, 11) is 3.50. The van der Waals surface area contributed by atoms with Crippen LogP contribution in [0.2, 0.25) is 0 Å². The summed E-state index contributed by atoms with van der Waals surface area (Å²) >= 11 is 0. The zero-order valence-corrected chi connectivity index (χ0v) is 10.8. The van der Waals surface area contributed by atoms with Gasteiger partial charge in [-0.25, -0.2) is 0 Å². The fraction of sp³-hybridized carbons (Fsp3) is 0.222. The van der Waals surface area contributed by atoms with Gasteiger partial charge in [-0.1, -0.05) is 30.3 Å². The van der Waals surface area contributed by atoms with E-state index in [1.807, 2.05) is 0 Å². The SMILES string of the molecule is C[N-]C.O=C([O-])c1ccccc1.[Zn+2]. The molecular formula is C9H11NO2Zn. The van der Waals surface area contributed by atoms with Gasteiger partial charge >= 0.3 is 19.5 Å². The second kappa shape index (κ2) is 9.36. The number of rotatable bonds is 1. The van der Waals surface area contributed by atoms with Gasteiger partial charge in [-0.15, -0.1) is 0 Å². The molecule has 66 valence electrons. The molecule has 0 atom stereocenters. The number of carbonyl (C=O) groups is 1. The maximum absolute atomic E-state index is 10.1. The van der Waals surface area contributed by atoms with Crippen molar-refractivity contribution in [2.24, 2.45) is 0 Å². The summed E-state index contributed by atoms with van der Waals surface area (Å²) in [6, 6.07) is 8.06.